The van der Waals surface area contributed by atoms with Crippen molar-refractivity contribution in [1.82, 2.24) is 4.90 Å². The van der Waals surface area contributed by atoms with Crippen molar-refractivity contribution in [3.63, 3.8) is 0 Å². The fourth-order valence-electron chi connectivity index (χ4n) is 2.37. The molecule has 19 heavy (non-hydrogen) atoms. The van der Waals surface area contributed by atoms with Gasteiger partial charge in [0.05, 0.1) is 6.10 Å². The summed E-state index contributed by atoms with van der Waals surface area (Å²) in [5.74, 6) is 0. The number of likely N-dealkylation sites (tertiary alicyclic amines) is 1. The Labute approximate surface area is 129 Å². The Morgan fingerprint density at radius 2 is 1.68 bits per heavy atom. The molecule has 0 radical (unpaired) electrons. The third-order valence-corrected chi connectivity index (χ3v) is 4.19. The van der Waals surface area contributed by atoms with E-state index in [0.29, 0.717) is 5.56 Å². The van der Waals surface area contributed by atoms with Gasteiger partial charge in [0.15, 0.2) is 0 Å². The highest BCUT2D eigenvalue weighted by molar-refractivity contribution is 6.66. The Balaban J connectivity index is 1.89. The number of benzene rings is 1. The minimum atomic E-state index is -1.40. The first-order valence-electron chi connectivity index (χ1n) is 6.54. The Morgan fingerprint density at radius 1 is 1.11 bits per heavy atom. The molecule has 5 heteroatoms. The molecule has 0 bridgehead atoms. The van der Waals surface area contributed by atoms with Crippen LogP contribution in [-0.2, 0) is 3.79 Å². The van der Waals surface area contributed by atoms with E-state index in [4.69, 9.17) is 34.8 Å². The van der Waals surface area contributed by atoms with Crippen LogP contribution in [0, 0.1) is 0 Å². The SMILES string of the molecule is OC(CCN1CCCC1)c1ccc(C(Cl)(Cl)Cl)cc1. The van der Waals surface area contributed by atoms with Crippen LogP contribution >= 0.6 is 34.8 Å². The topological polar surface area (TPSA) is 23.5 Å². The maximum Gasteiger partial charge on any atom is 0.216 e. The van der Waals surface area contributed by atoms with E-state index in [1.807, 2.05) is 12.1 Å². The molecule has 0 aromatic heterocycles. The Morgan fingerprint density at radius 3 is 2.21 bits per heavy atom. The van der Waals surface area contributed by atoms with Crippen molar-refractivity contribution in [1.29, 1.82) is 0 Å². The maximum absolute atomic E-state index is 10.1. The molecule has 0 amide bonds. The molecule has 1 unspecified atom stereocenters. The lowest BCUT2D eigenvalue weighted by atomic mass is 10.0. The fourth-order valence-corrected chi connectivity index (χ4v) is 2.75. The molecule has 0 spiro atoms. The second-order valence-corrected chi connectivity index (χ2v) is 7.25. The minimum Gasteiger partial charge on any atom is -0.388 e. The van der Waals surface area contributed by atoms with Crippen LogP contribution in [0.4, 0.5) is 0 Å². The molecule has 0 aliphatic carbocycles. The Hall–Kier alpha value is 0.01000. The third kappa shape index (κ3) is 4.51. The summed E-state index contributed by atoms with van der Waals surface area (Å²) in [5.41, 5.74) is 1.49. The summed E-state index contributed by atoms with van der Waals surface area (Å²) in [4.78, 5) is 2.39. The number of hydrogen-bond acceptors (Lipinski definition) is 2. The summed E-state index contributed by atoms with van der Waals surface area (Å²) < 4.78 is -1.40. The van der Waals surface area contributed by atoms with E-state index in [9.17, 15) is 5.11 Å². The van der Waals surface area contributed by atoms with Gasteiger partial charge in [-0.15, -0.1) is 0 Å². The third-order valence-electron chi connectivity index (χ3n) is 3.54. The van der Waals surface area contributed by atoms with E-state index < -0.39 is 9.90 Å². The summed E-state index contributed by atoms with van der Waals surface area (Å²) in [5, 5.41) is 10.1. The van der Waals surface area contributed by atoms with Crippen LogP contribution in [0.15, 0.2) is 24.3 Å². The summed E-state index contributed by atoms with van der Waals surface area (Å²) in [7, 11) is 0. The first-order valence-corrected chi connectivity index (χ1v) is 7.68. The molecule has 2 nitrogen and oxygen atoms in total. The van der Waals surface area contributed by atoms with Crippen LogP contribution in [0.25, 0.3) is 0 Å². The molecule has 1 aromatic carbocycles. The lowest BCUT2D eigenvalue weighted by molar-refractivity contribution is 0.149. The molecule has 1 saturated heterocycles. The van der Waals surface area contributed by atoms with Gasteiger partial charge in [-0.3, -0.25) is 0 Å². The van der Waals surface area contributed by atoms with E-state index in [-0.39, 0.29) is 0 Å². The van der Waals surface area contributed by atoms with Crippen LogP contribution in [0.5, 0.6) is 0 Å². The number of hydrogen-bond donors (Lipinski definition) is 1. The van der Waals surface area contributed by atoms with Crippen molar-refractivity contribution in [2.45, 2.75) is 29.2 Å². The predicted octanol–water partition coefficient (Wildman–Crippen LogP) is 4.03. The van der Waals surface area contributed by atoms with Gasteiger partial charge in [0, 0.05) is 12.1 Å². The van der Waals surface area contributed by atoms with E-state index in [1.54, 1.807) is 12.1 Å². The van der Waals surface area contributed by atoms with E-state index in [0.717, 1.165) is 31.6 Å². The zero-order valence-electron chi connectivity index (χ0n) is 10.7. The minimum absolute atomic E-state index is 0.454. The molecule has 1 aromatic rings. The molecule has 1 heterocycles. The molecule has 1 N–H and O–H groups in total. The number of aliphatic hydroxyl groups is 1. The number of aliphatic hydroxyl groups excluding tert-OH is 1. The molecule has 106 valence electrons. The monoisotopic (exact) mass is 321 g/mol. The average Bonchev–Trinajstić information content (AvgIpc) is 2.88. The summed E-state index contributed by atoms with van der Waals surface area (Å²) in [6.45, 7) is 3.24. The molecule has 1 aliphatic rings. The van der Waals surface area contributed by atoms with E-state index >= 15 is 0 Å². The number of rotatable bonds is 4. The Kier molecular flexibility index (Phi) is 5.38. The van der Waals surface area contributed by atoms with Gasteiger partial charge in [-0.2, -0.15) is 0 Å². The van der Waals surface area contributed by atoms with E-state index in [2.05, 4.69) is 4.90 Å². The predicted molar refractivity (Wildman–Crippen MR) is 80.9 cm³/mol. The first-order chi connectivity index (χ1) is 8.97. The van der Waals surface area contributed by atoms with Gasteiger partial charge >= 0.3 is 0 Å². The molecular weight excluding hydrogens is 305 g/mol. The largest absolute Gasteiger partial charge is 0.388 e. The maximum atomic E-state index is 10.1. The molecule has 1 atom stereocenters. The normalized spacial score (nSPS) is 18.7. The number of alkyl halides is 3. The van der Waals surface area contributed by atoms with Gasteiger partial charge in [-0.05, 0) is 37.9 Å². The zero-order chi connectivity index (χ0) is 13.9. The average molecular weight is 323 g/mol. The molecule has 2 rings (SSSR count). The standard InChI is InChI=1S/C14H18Cl3NO/c15-14(16,17)12-5-3-11(4-6-12)13(19)7-10-18-8-1-2-9-18/h3-6,13,19H,1-2,7-10H2. The highest BCUT2D eigenvalue weighted by Crippen LogP contribution is 2.38. The van der Waals surface area contributed by atoms with Crippen molar-refractivity contribution in [2.75, 3.05) is 19.6 Å². The quantitative estimate of drug-likeness (QED) is 0.846. The smallest absolute Gasteiger partial charge is 0.216 e. The molecular formula is C14H18Cl3NO. The van der Waals surface area contributed by atoms with Gasteiger partial charge in [-0.25, -0.2) is 0 Å². The lowest BCUT2D eigenvalue weighted by Crippen LogP contribution is -2.22. The lowest BCUT2D eigenvalue weighted by Gasteiger charge is -2.18. The summed E-state index contributed by atoms with van der Waals surface area (Å²) in [6, 6.07) is 7.15. The highest BCUT2D eigenvalue weighted by atomic mass is 35.6. The second kappa shape index (κ2) is 6.64. The zero-order valence-corrected chi connectivity index (χ0v) is 12.9. The first kappa shape index (κ1) is 15.4. The van der Waals surface area contributed by atoms with Gasteiger partial charge in [0.1, 0.15) is 0 Å². The van der Waals surface area contributed by atoms with Gasteiger partial charge in [0.25, 0.3) is 0 Å². The van der Waals surface area contributed by atoms with Crippen LogP contribution < -0.4 is 0 Å². The summed E-state index contributed by atoms with van der Waals surface area (Å²) in [6.07, 6.45) is 2.83. The summed E-state index contributed by atoms with van der Waals surface area (Å²) >= 11 is 17.4. The fraction of sp³-hybridized carbons (Fsp3) is 0.571. The van der Waals surface area contributed by atoms with Gasteiger partial charge in [-0.1, -0.05) is 59.1 Å². The van der Waals surface area contributed by atoms with Crippen LogP contribution in [-0.4, -0.2) is 29.6 Å². The van der Waals surface area contributed by atoms with Gasteiger partial charge < -0.3 is 10.0 Å². The van der Waals surface area contributed by atoms with Crippen molar-refractivity contribution in [3.8, 4) is 0 Å². The van der Waals surface area contributed by atoms with Crippen molar-refractivity contribution in [3.05, 3.63) is 35.4 Å². The molecule has 1 fully saturated rings. The van der Waals surface area contributed by atoms with Crippen LogP contribution in [0.2, 0.25) is 0 Å². The van der Waals surface area contributed by atoms with Crippen LogP contribution in [0.1, 0.15) is 36.5 Å². The van der Waals surface area contributed by atoms with Gasteiger partial charge in [0.2, 0.25) is 3.79 Å². The molecule has 0 saturated carbocycles. The van der Waals surface area contributed by atoms with Crippen molar-refractivity contribution < 1.29 is 5.11 Å². The van der Waals surface area contributed by atoms with Crippen LogP contribution in [0.3, 0.4) is 0 Å². The van der Waals surface area contributed by atoms with E-state index in [1.165, 1.54) is 12.8 Å². The van der Waals surface area contributed by atoms with Crippen molar-refractivity contribution in [2.24, 2.45) is 0 Å². The number of nitrogens with zero attached hydrogens (tertiary/aromatic N) is 1. The molecule has 1 aliphatic heterocycles. The Bertz CT molecular complexity index is 396. The number of halogens is 3. The highest BCUT2D eigenvalue weighted by Gasteiger charge is 2.22. The van der Waals surface area contributed by atoms with Crippen molar-refractivity contribution >= 4 is 34.8 Å². The second-order valence-electron chi connectivity index (χ2n) is 4.97.